The van der Waals surface area contributed by atoms with Crippen LogP contribution in [0.15, 0.2) is 12.2 Å². The molecule has 0 aromatic rings. The van der Waals surface area contributed by atoms with Crippen LogP contribution in [0.3, 0.4) is 0 Å². The topological polar surface area (TPSA) is 49.3 Å². The van der Waals surface area contributed by atoms with Gasteiger partial charge in [-0.05, 0) is 26.2 Å². The summed E-state index contributed by atoms with van der Waals surface area (Å²) in [5.74, 6) is 0.0147. The van der Waals surface area contributed by atoms with Crippen LogP contribution in [-0.4, -0.2) is 23.2 Å². The minimum atomic E-state index is -0.705. The van der Waals surface area contributed by atoms with Crippen molar-refractivity contribution in [1.29, 1.82) is 0 Å². The Morgan fingerprint density at radius 1 is 0.622 bits per heavy atom. The Hall–Kier alpha value is -0.830. The molecule has 3 nitrogen and oxygen atoms in total. The highest BCUT2D eigenvalue weighted by Crippen LogP contribution is 2.14. The lowest BCUT2D eigenvalue weighted by Crippen LogP contribution is -2.40. The summed E-state index contributed by atoms with van der Waals surface area (Å²) in [4.78, 5) is 12.2. The van der Waals surface area contributed by atoms with E-state index in [2.05, 4.69) is 32.2 Å². The smallest absolute Gasteiger partial charge is 0.220 e. The van der Waals surface area contributed by atoms with Gasteiger partial charge in [0.05, 0.1) is 12.1 Å². The molecule has 0 aromatic carbocycles. The first-order valence-corrected chi connectivity index (χ1v) is 16.6. The van der Waals surface area contributed by atoms with Gasteiger partial charge >= 0.3 is 0 Å². The highest BCUT2D eigenvalue weighted by molar-refractivity contribution is 5.76. The molecule has 0 saturated carbocycles. The maximum Gasteiger partial charge on any atom is 0.220 e. The molecule has 0 bridgehead atoms. The minimum Gasteiger partial charge on any atom is -0.387 e. The molecule has 2 N–H and O–H groups in total. The molecule has 0 rings (SSSR count). The Kier molecular flexibility index (Phi) is 29.1. The van der Waals surface area contributed by atoms with Crippen LogP contribution in [0.1, 0.15) is 181 Å². The van der Waals surface area contributed by atoms with Crippen LogP contribution in [-0.2, 0) is 4.79 Å². The number of nitrogens with one attached hydrogen (secondary N) is 1. The molecule has 0 aliphatic heterocycles. The van der Waals surface area contributed by atoms with Crippen molar-refractivity contribution >= 4 is 5.91 Å². The van der Waals surface area contributed by atoms with Gasteiger partial charge in [0.1, 0.15) is 0 Å². The Bertz CT molecular complexity index is 490. The summed E-state index contributed by atoms with van der Waals surface area (Å²) in [6.07, 6.45) is 36.5. The quantitative estimate of drug-likeness (QED) is 0.0761. The first-order valence-electron chi connectivity index (χ1n) is 16.6. The van der Waals surface area contributed by atoms with Crippen LogP contribution in [0.5, 0.6) is 0 Å². The average Bonchev–Trinajstić information content (AvgIpc) is 2.89. The fraction of sp³-hybridized carbons (Fsp3) is 0.882. The molecule has 3 heteroatoms. The number of hydrogen-bond donors (Lipinski definition) is 2. The SMILES string of the molecule is [CH2]C(NC(=O)CCCCCCCCCCCCCCC)C(O)/C=C/CCCCCCCCCCCCC. The number of carbonyl (C=O) groups is 1. The first kappa shape index (κ1) is 36.2. The molecular formula is C34H66NO2. The van der Waals surface area contributed by atoms with Crippen LogP contribution < -0.4 is 5.32 Å². The largest absolute Gasteiger partial charge is 0.387 e. The molecular weight excluding hydrogens is 454 g/mol. The van der Waals surface area contributed by atoms with Gasteiger partial charge in [0.25, 0.3) is 0 Å². The van der Waals surface area contributed by atoms with E-state index in [1.807, 2.05) is 0 Å². The lowest BCUT2D eigenvalue weighted by Gasteiger charge is -2.17. The highest BCUT2D eigenvalue weighted by atomic mass is 16.3. The molecule has 2 unspecified atom stereocenters. The first-order chi connectivity index (χ1) is 18.1. The molecule has 0 aromatic heterocycles. The molecule has 219 valence electrons. The van der Waals surface area contributed by atoms with Gasteiger partial charge in [-0.2, -0.15) is 0 Å². The molecule has 0 heterocycles. The van der Waals surface area contributed by atoms with Gasteiger partial charge in [-0.1, -0.05) is 167 Å². The minimum absolute atomic E-state index is 0.0147. The monoisotopic (exact) mass is 521 g/mol. The van der Waals surface area contributed by atoms with Gasteiger partial charge < -0.3 is 10.4 Å². The zero-order valence-electron chi connectivity index (χ0n) is 25.3. The van der Waals surface area contributed by atoms with Gasteiger partial charge in [0.15, 0.2) is 0 Å². The summed E-state index contributed by atoms with van der Waals surface area (Å²) in [5.41, 5.74) is 0. The Morgan fingerprint density at radius 3 is 1.38 bits per heavy atom. The van der Waals surface area contributed by atoms with Gasteiger partial charge in [-0.3, -0.25) is 4.79 Å². The maximum absolute atomic E-state index is 12.2. The summed E-state index contributed by atoms with van der Waals surface area (Å²) in [7, 11) is 0. The summed E-state index contributed by atoms with van der Waals surface area (Å²) < 4.78 is 0. The second kappa shape index (κ2) is 29.7. The number of aliphatic hydroxyl groups is 1. The van der Waals surface area contributed by atoms with Crippen LogP contribution in [0, 0.1) is 6.92 Å². The van der Waals surface area contributed by atoms with E-state index in [0.29, 0.717) is 6.42 Å². The average molecular weight is 521 g/mol. The standard InChI is InChI=1S/C34H66NO2/c1-4-6-8-10-12-14-16-18-20-22-24-26-28-30-33(36)32(3)35-34(37)31-29-27-25-23-21-19-17-15-13-11-9-7-5-2/h28,30,32-33,36H,3-27,29,31H2,1-2H3,(H,35,37)/b30-28+. The molecule has 1 radical (unpaired) electrons. The van der Waals surface area contributed by atoms with Gasteiger partial charge in [-0.25, -0.2) is 0 Å². The second-order valence-electron chi connectivity index (χ2n) is 11.4. The zero-order valence-corrected chi connectivity index (χ0v) is 25.3. The summed E-state index contributed by atoms with van der Waals surface area (Å²) in [6, 6.07) is -0.469. The number of rotatable bonds is 29. The lowest BCUT2D eigenvalue weighted by atomic mass is 10.0. The summed E-state index contributed by atoms with van der Waals surface area (Å²) >= 11 is 0. The molecule has 37 heavy (non-hydrogen) atoms. The number of hydrogen-bond acceptors (Lipinski definition) is 2. The molecule has 2 atom stereocenters. The molecule has 0 spiro atoms. The molecule has 0 saturated heterocycles. The van der Waals surface area contributed by atoms with E-state index in [-0.39, 0.29) is 5.91 Å². The zero-order chi connectivity index (χ0) is 27.2. The van der Waals surface area contributed by atoms with Crippen LogP contribution >= 0.6 is 0 Å². The number of carbonyl (C=O) groups excluding carboxylic acids is 1. The predicted molar refractivity (Wildman–Crippen MR) is 164 cm³/mol. The third-order valence-corrected chi connectivity index (χ3v) is 7.57. The highest BCUT2D eigenvalue weighted by Gasteiger charge is 2.13. The summed E-state index contributed by atoms with van der Waals surface area (Å²) in [6.45, 7) is 8.48. The van der Waals surface area contributed by atoms with Crippen LogP contribution in [0.4, 0.5) is 0 Å². The van der Waals surface area contributed by atoms with Crippen molar-refractivity contribution in [3.05, 3.63) is 19.1 Å². The lowest BCUT2D eigenvalue weighted by molar-refractivity contribution is -0.122. The normalized spacial score (nSPS) is 13.3. The van der Waals surface area contributed by atoms with Crippen LogP contribution in [0.25, 0.3) is 0 Å². The van der Waals surface area contributed by atoms with E-state index in [1.54, 1.807) is 6.08 Å². The fourth-order valence-electron chi connectivity index (χ4n) is 4.96. The van der Waals surface area contributed by atoms with E-state index in [1.165, 1.54) is 141 Å². The number of unbranched alkanes of at least 4 members (excludes halogenated alkanes) is 23. The van der Waals surface area contributed by atoms with Crippen molar-refractivity contribution in [3.8, 4) is 0 Å². The van der Waals surface area contributed by atoms with Crippen molar-refractivity contribution in [2.45, 2.75) is 193 Å². The third kappa shape index (κ3) is 28.0. The fourth-order valence-corrected chi connectivity index (χ4v) is 4.96. The van der Waals surface area contributed by atoms with E-state index >= 15 is 0 Å². The molecule has 0 fully saturated rings. The third-order valence-electron chi connectivity index (χ3n) is 7.57. The summed E-state index contributed by atoms with van der Waals surface area (Å²) in [5, 5.41) is 13.1. The van der Waals surface area contributed by atoms with Crippen molar-refractivity contribution in [2.75, 3.05) is 0 Å². The molecule has 1 amide bonds. The molecule has 0 aliphatic rings. The number of amides is 1. The van der Waals surface area contributed by atoms with Crippen molar-refractivity contribution in [1.82, 2.24) is 5.32 Å². The molecule has 0 aliphatic carbocycles. The van der Waals surface area contributed by atoms with Gasteiger partial charge in [0.2, 0.25) is 5.91 Å². The Morgan fingerprint density at radius 2 is 0.973 bits per heavy atom. The van der Waals surface area contributed by atoms with E-state index in [0.717, 1.165) is 19.3 Å². The number of aliphatic hydroxyl groups excluding tert-OH is 1. The second-order valence-corrected chi connectivity index (χ2v) is 11.4. The Balaban J connectivity index is 3.50. The van der Waals surface area contributed by atoms with Gasteiger partial charge in [-0.15, -0.1) is 0 Å². The number of allylic oxidation sites excluding steroid dienone is 1. The van der Waals surface area contributed by atoms with Crippen molar-refractivity contribution in [2.24, 2.45) is 0 Å². The maximum atomic E-state index is 12.2. The Labute approximate surface area is 233 Å². The predicted octanol–water partition coefficient (Wildman–Crippen LogP) is 10.4. The van der Waals surface area contributed by atoms with E-state index < -0.39 is 12.1 Å². The van der Waals surface area contributed by atoms with E-state index in [9.17, 15) is 9.90 Å². The van der Waals surface area contributed by atoms with Gasteiger partial charge in [0, 0.05) is 6.42 Å². The van der Waals surface area contributed by atoms with Crippen molar-refractivity contribution in [3.63, 3.8) is 0 Å². The van der Waals surface area contributed by atoms with E-state index in [4.69, 9.17) is 0 Å². The van der Waals surface area contributed by atoms with Crippen LogP contribution in [0.2, 0.25) is 0 Å². The van der Waals surface area contributed by atoms with Crippen molar-refractivity contribution < 1.29 is 9.90 Å².